The Balaban J connectivity index is 1.34. The molecule has 36 heavy (non-hydrogen) atoms. The van der Waals surface area contributed by atoms with Gasteiger partial charge in [0.1, 0.15) is 5.82 Å². The summed E-state index contributed by atoms with van der Waals surface area (Å²) in [6, 6.07) is 46.7. The zero-order valence-corrected chi connectivity index (χ0v) is 19.7. The van der Waals surface area contributed by atoms with Gasteiger partial charge in [0.15, 0.2) is 0 Å². The minimum absolute atomic E-state index is 0.228. The molecule has 0 spiro atoms. The molecule has 1 nitrogen and oxygen atoms in total. The van der Waals surface area contributed by atoms with Gasteiger partial charge in [-0.3, -0.25) is 0 Å². The summed E-state index contributed by atoms with van der Waals surface area (Å²) in [6.07, 6.45) is 0. The maximum absolute atomic E-state index is 14.0. The van der Waals surface area contributed by atoms with E-state index in [1.54, 1.807) is 12.1 Å². The molecule has 0 atom stereocenters. The Hall–Kier alpha value is -4.69. The molecule has 0 saturated carbocycles. The number of fused-ring (bicyclic) bond motifs is 1. The highest BCUT2D eigenvalue weighted by Gasteiger charge is 2.11. The summed E-state index contributed by atoms with van der Waals surface area (Å²) in [7, 11) is 0. The summed E-state index contributed by atoms with van der Waals surface area (Å²) >= 11 is 0. The second kappa shape index (κ2) is 9.52. The van der Waals surface area contributed by atoms with Crippen molar-refractivity contribution in [2.75, 3.05) is 5.32 Å². The van der Waals surface area contributed by atoms with E-state index in [0.29, 0.717) is 0 Å². The summed E-state index contributed by atoms with van der Waals surface area (Å²) in [5.74, 6) is -0.228. The Kier molecular flexibility index (Phi) is 5.77. The van der Waals surface area contributed by atoms with Crippen LogP contribution in [0.1, 0.15) is 0 Å². The van der Waals surface area contributed by atoms with E-state index in [-0.39, 0.29) is 5.82 Å². The van der Waals surface area contributed by atoms with Crippen molar-refractivity contribution in [2.24, 2.45) is 0 Å². The molecule has 0 unspecified atom stereocenters. The normalized spacial score (nSPS) is 10.9. The van der Waals surface area contributed by atoms with E-state index in [1.165, 1.54) is 17.2 Å². The third kappa shape index (κ3) is 4.37. The molecule has 1 N–H and O–H groups in total. The van der Waals surface area contributed by atoms with Gasteiger partial charge in [-0.2, -0.15) is 0 Å². The van der Waals surface area contributed by atoms with Crippen LogP contribution in [0.5, 0.6) is 0 Å². The monoisotopic (exact) mass is 465 g/mol. The molecule has 0 aromatic heterocycles. The Labute approximate surface area is 210 Å². The van der Waals surface area contributed by atoms with E-state index in [9.17, 15) is 4.39 Å². The molecular weight excluding hydrogens is 441 g/mol. The highest BCUT2D eigenvalue weighted by Crippen LogP contribution is 2.37. The third-order valence-corrected chi connectivity index (χ3v) is 6.49. The predicted octanol–water partition coefficient (Wildman–Crippen LogP) is 9.72. The second-order valence-electron chi connectivity index (χ2n) is 8.87. The lowest BCUT2D eigenvalue weighted by Gasteiger charge is -2.14. The molecular formula is C34H24FN. The topological polar surface area (TPSA) is 12.0 Å². The highest BCUT2D eigenvalue weighted by atomic mass is 19.1. The van der Waals surface area contributed by atoms with E-state index >= 15 is 0 Å². The lowest BCUT2D eigenvalue weighted by atomic mass is 9.91. The van der Waals surface area contributed by atoms with E-state index < -0.39 is 0 Å². The average molecular weight is 466 g/mol. The fourth-order valence-electron chi connectivity index (χ4n) is 4.79. The van der Waals surface area contributed by atoms with Gasteiger partial charge in [-0.1, -0.05) is 103 Å². The molecule has 6 aromatic carbocycles. The van der Waals surface area contributed by atoms with Crippen LogP contribution in [0, 0.1) is 5.82 Å². The zero-order valence-electron chi connectivity index (χ0n) is 19.7. The molecule has 2 heteroatoms. The number of hydrogen-bond donors (Lipinski definition) is 1. The molecule has 0 radical (unpaired) electrons. The molecule has 6 rings (SSSR count). The summed E-state index contributed by atoms with van der Waals surface area (Å²) in [6.45, 7) is 0. The number of anilines is 2. The molecule has 172 valence electrons. The Morgan fingerprint density at radius 1 is 0.417 bits per heavy atom. The quantitative estimate of drug-likeness (QED) is 0.267. The highest BCUT2D eigenvalue weighted by molar-refractivity contribution is 6.06. The maximum atomic E-state index is 14.0. The van der Waals surface area contributed by atoms with Crippen LogP contribution in [0.3, 0.4) is 0 Å². The first-order valence-electron chi connectivity index (χ1n) is 12.1. The lowest BCUT2D eigenvalue weighted by Crippen LogP contribution is -1.91. The SMILES string of the molecule is Fc1cccc(-c2cccc3cccc(-c4ccc(Nc5cccc(-c6ccccc6)c5)cc4)c23)c1. The van der Waals surface area contributed by atoms with Crippen LogP contribution in [0.4, 0.5) is 15.8 Å². The van der Waals surface area contributed by atoms with E-state index in [2.05, 4.69) is 108 Å². The van der Waals surface area contributed by atoms with Crippen LogP contribution in [0.25, 0.3) is 44.2 Å². The van der Waals surface area contributed by atoms with Gasteiger partial charge >= 0.3 is 0 Å². The van der Waals surface area contributed by atoms with Gasteiger partial charge in [-0.05, 0) is 80.6 Å². The molecule has 0 bridgehead atoms. The van der Waals surface area contributed by atoms with Crippen molar-refractivity contribution in [3.05, 3.63) is 145 Å². The molecule has 0 heterocycles. The van der Waals surface area contributed by atoms with Crippen molar-refractivity contribution in [1.29, 1.82) is 0 Å². The molecule has 0 aliphatic rings. The van der Waals surface area contributed by atoms with Crippen LogP contribution in [-0.4, -0.2) is 0 Å². The van der Waals surface area contributed by atoms with E-state index in [0.717, 1.165) is 44.4 Å². The summed E-state index contributed by atoms with van der Waals surface area (Å²) in [5.41, 5.74) is 8.60. The van der Waals surface area contributed by atoms with Gasteiger partial charge in [0.2, 0.25) is 0 Å². The first-order chi connectivity index (χ1) is 17.7. The smallest absolute Gasteiger partial charge is 0.123 e. The standard InChI is InChI=1S/C34H24FN/c35-29-14-4-13-28(22-29)33-17-7-11-26-10-6-16-32(34(26)33)25-18-20-30(21-19-25)36-31-15-5-12-27(23-31)24-8-2-1-3-9-24/h1-23,36H. The van der Waals surface area contributed by atoms with Crippen molar-refractivity contribution in [2.45, 2.75) is 0 Å². The van der Waals surface area contributed by atoms with E-state index in [1.807, 2.05) is 18.2 Å². The van der Waals surface area contributed by atoms with Gasteiger partial charge in [-0.15, -0.1) is 0 Å². The van der Waals surface area contributed by atoms with Crippen LogP contribution in [0.2, 0.25) is 0 Å². The predicted molar refractivity (Wildman–Crippen MR) is 150 cm³/mol. The Bertz CT molecular complexity index is 1650. The van der Waals surface area contributed by atoms with Crippen molar-refractivity contribution >= 4 is 22.1 Å². The summed E-state index contributed by atoms with van der Waals surface area (Å²) < 4.78 is 14.0. The summed E-state index contributed by atoms with van der Waals surface area (Å²) in [4.78, 5) is 0. The maximum Gasteiger partial charge on any atom is 0.123 e. The number of rotatable bonds is 5. The molecule has 0 amide bonds. The fourth-order valence-corrected chi connectivity index (χ4v) is 4.79. The van der Waals surface area contributed by atoms with Gasteiger partial charge in [-0.25, -0.2) is 4.39 Å². The van der Waals surface area contributed by atoms with Gasteiger partial charge in [0.25, 0.3) is 0 Å². The Morgan fingerprint density at radius 3 is 1.81 bits per heavy atom. The number of halogens is 1. The largest absolute Gasteiger partial charge is 0.356 e. The van der Waals surface area contributed by atoms with Crippen molar-refractivity contribution in [3.8, 4) is 33.4 Å². The zero-order chi connectivity index (χ0) is 24.3. The van der Waals surface area contributed by atoms with Gasteiger partial charge in [0.05, 0.1) is 0 Å². The van der Waals surface area contributed by atoms with Crippen molar-refractivity contribution < 1.29 is 4.39 Å². The van der Waals surface area contributed by atoms with Crippen LogP contribution in [-0.2, 0) is 0 Å². The minimum Gasteiger partial charge on any atom is -0.356 e. The molecule has 6 aromatic rings. The van der Waals surface area contributed by atoms with Crippen molar-refractivity contribution in [3.63, 3.8) is 0 Å². The van der Waals surface area contributed by atoms with Crippen molar-refractivity contribution in [1.82, 2.24) is 0 Å². The first kappa shape index (κ1) is 21.8. The van der Waals surface area contributed by atoms with Crippen LogP contribution >= 0.6 is 0 Å². The fraction of sp³-hybridized carbons (Fsp3) is 0. The number of hydrogen-bond acceptors (Lipinski definition) is 1. The van der Waals surface area contributed by atoms with Gasteiger partial charge < -0.3 is 5.32 Å². The van der Waals surface area contributed by atoms with E-state index in [4.69, 9.17) is 0 Å². The molecule has 0 fully saturated rings. The first-order valence-corrected chi connectivity index (χ1v) is 12.1. The lowest BCUT2D eigenvalue weighted by molar-refractivity contribution is 0.628. The second-order valence-corrected chi connectivity index (χ2v) is 8.87. The molecule has 0 aliphatic carbocycles. The number of benzene rings is 6. The minimum atomic E-state index is -0.228. The molecule has 0 aliphatic heterocycles. The molecule has 0 saturated heterocycles. The Morgan fingerprint density at radius 2 is 1.06 bits per heavy atom. The number of nitrogens with one attached hydrogen (secondary N) is 1. The van der Waals surface area contributed by atoms with Gasteiger partial charge in [0, 0.05) is 11.4 Å². The summed E-state index contributed by atoms with van der Waals surface area (Å²) in [5, 5.41) is 5.79. The van der Waals surface area contributed by atoms with Crippen LogP contribution < -0.4 is 5.32 Å². The van der Waals surface area contributed by atoms with Crippen LogP contribution in [0.15, 0.2) is 140 Å². The third-order valence-electron chi connectivity index (χ3n) is 6.49. The average Bonchev–Trinajstić information content (AvgIpc) is 2.93.